The van der Waals surface area contributed by atoms with Gasteiger partial charge in [0.1, 0.15) is 17.3 Å². The van der Waals surface area contributed by atoms with Crippen molar-refractivity contribution in [1.29, 1.82) is 0 Å². The Morgan fingerprint density at radius 2 is 1.89 bits per heavy atom. The molecule has 1 aromatic heterocycles. The zero-order valence-electron chi connectivity index (χ0n) is 16.1. The van der Waals surface area contributed by atoms with Crippen molar-refractivity contribution in [2.75, 3.05) is 26.1 Å². The number of aromatic nitrogens is 3. The minimum atomic E-state index is -0.307. The highest BCUT2D eigenvalue weighted by Crippen LogP contribution is 2.25. The maximum atomic E-state index is 12.1. The van der Waals surface area contributed by atoms with E-state index >= 15 is 0 Å². The first-order valence-electron chi connectivity index (χ1n) is 8.84. The lowest BCUT2D eigenvalue weighted by Crippen LogP contribution is -2.30. The van der Waals surface area contributed by atoms with E-state index in [4.69, 9.17) is 9.47 Å². The zero-order chi connectivity index (χ0) is 19.9. The Bertz CT molecular complexity index is 937. The predicted molar refractivity (Wildman–Crippen MR) is 107 cm³/mol. The third kappa shape index (κ3) is 4.79. The Kier molecular flexibility index (Phi) is 6.11. The monoisotopic (exact) mass is 381 g/mol. The van der Waals surface area contributed by atoms with E-state index in [0.717, 1.165) is 16.9 Å². The number of anilines is 1. The smallest absolute Gasteiger partial charge is 0.319 e. The Hall–Kier alpha value is -3.55. The maximum absolute atomic E-state index is 12.1. The lowest BCUT2D eigenvalue weighted by atomic mass is 10.2. The van der Waals surface area contributed by atoms with Crippen molar-refractivity contribution >= 4 is 11.7 Å². The number of benzene rings is 2. The summed E-state index contributed by atoms with van der Waals surface area (Å²) in [5, 5.41) is 12.7. The summed E-state index contributed by atoms with van der Waals surface area (Å²) in [5.74, 6) is 2.69. The molecule has 0 unspecified atom stereocenters. The van der Waals surface area contributed by atoms with Gasteiger partial charge in [-0.25, -0.2) is 9.78 Å². The van der Waals surface area contributed by atoms with E-state index in [9.17, 15) is 4.79 Å². The molecule has 0 aliphatic heterocycles. The molecular formula is C20H23N5O3. The van der Waals surface area contributed by atoms with Gasteiger partial charge in [0.2, 0.25) is 0 Å². The summed E-state index contributed by atoms with van der Waals surface area (Å²) in [6, 6.07) is 12.8. The zero-order valence-corrected chi connectivity index (χ0v) is 16.1. The van der Waals surface area contributed by atoms with Crippen LogP contribution < -0.4 is 20.1 Å². The van der Waals surface area contributed by atoms with E-state index in [2.05, 4.69) is 25.8 Å². The molecule has 0 radical (unpaired) electrons. The van der Waals surface area contributed by atoms with E-state index in [-0.39, 0.29) is 6.03 Å². The van der Waals surface area contributed by atoms with Crippen LogP contribution >= 0.6 is 0 Å². The van der Waals surface area contributed by atoms with Crippen LogP contribution in [0.2, 0.25) is 0 Å². The summed E-state index contributed by atoms with van der Waals surface area (Å²) in [5.41, 5.74) is 2.55. The highest BCUT2D eigenvalue weighted by atomic mass is 16.5. The molecule has 0 fully saturated rings. The van der Waals surface area contributed by atoms with Gasteiger partial charge >= 0.3 is 6.03 Å². The first-order chi connectivity index (χ1) is 13.6. The second-order valence-corrected chi connectivity index (χ2v) is 6.17. The van der Waals surface area contributed by atoms with E-state index in [0.29, 0.717) is 36.1 Å². The number of amides is 2. The normalized spacial score (nSPS) is 10.4. The fraction of sp³-hybridized carbons (Fsp3) is 0.250. The van der Waals surface area contributed by atoms with E-state index < -0.39 is 0 Å². The molecule has 0 bridgehead atoms. The number of carbonyl (C=O) groups is 1. The summed E-state index contributed by atoms with van der Waals surface area (Å²) in [6.45, 7) is 2.37. The Morgan fingerprint density at radius 3 is 2.61 bits per heavy atom. The molecule has 28 heavy (non-hydrogen) atoms. The number of nitrogens with zero attached hydrogens (tertiary/aromatic N) is 2. The average Bonchev–Trinajstić information content (AvgIpc) is 3.17. The molecule has 0 saturated carbocycles. The molecule has 3 rings (SSSR count). The van der Waals surface area contributed by atoms with Gasteiger partial charge in [-0.1, -0.05) is 6.07 Å². The number of aromatic amines is 1. The summed E-state index contributed by atoms with van der Waals surface area (Å²) in [7, 11) is 3.19. The number of urea groups is 1. The van der Waals surface area contributed by atoms with Crippen molar-refractivity contribution < 1.29 is 14.3 Å². The van der Waals surface area contributed by atoms with Crippen molar-refractivity contribution in [3.63, 3.8) is 0 Å². The molecule has 0 spiro atoms. The molecule has 146 valence electrons. The van der Waals surface area contributed by atoms with Crippen LogP contribution in [-0.2, 0) is 6.42 Å². The van der Waals surface area contributed by atoms with E-state index in [1.807, 2.05) is 49.4 Å². The van der Waals surface area contributed by atoms with Gasteiger partial charge < -0.3 is 20.1 Å². The molecule has 0 aliphatic carbocycles. The fourth-order valence-electron chi connectivity index (χ4n) is 2.66. The first kappa shape index (κ1) is 19.2. The van der Waals surface area contributed by atoms with E-state index in [1.54, 1.807) is 14.2 Å². The van der Waals surface area contributed by atoms with Crippen LogP contribution in [0.5, 0.6) is 11.5 Å². The molecule has 2 aromatic carbocycles. The second-order valence-electron chi connectivity index (χ2n) is 6.17. The molecule has 8 nitrogen and oxygen atoms in total. The number of hydrogen-bond donors (Lipinski definition) is 3. The highest BCUT2D eigenvalue weighted by molar-refractivity contribution is 5.91. The van der Waals surface area contributed by atoms with Crippen LogP contribution in [0.4, 0.5) is 10.5 Å². The van der Waals surface area contributed by atoms with Gasteiger partial charge in [-0.05, 0) is 48.9 Å². The Morgan fingerprint density at radius 1 is 1.11 bits per heavy atom. The molecule has 0 saturated heterocycles. The van der Waals surface area contributed by atoms with Crippen molar-refractivity contribution in [3.8, 4) is 22.9 Å². The van der Waals surface area contributed by atoms with Gasteiger partial charge in [0, 0.05) is 18.5 Å². The average molecular weight is 381 g/mol. The molecular weight excluding hydrogens is 358 g/mol. The summed E-state index contributed by atoms with van der Waals surface area (Å²) >= 11 is 0. The molecule has 3 N–H and O–H groups in total. The number of H-pyrrole nitrogens is 1. The van der Waals surface area contributed by atoms with Gasteiger partial charge in [0.25, 0.3) is 0 Å². The van der Waals surface area contributed by atoms with Gasteiger partial charge in [0.15, 0.2) is 5.82 Å². The van der Waals surface area contributed by atoms with Gasteiger partial charge in [-0.3, -0.25) is 5.10 Å². The first-order valence-corrected chi connectivity index (χ1v) is 8.84. The van der Waals surface area contributed by atoms with Crippen molar-refractivity contribution in [2.24, 2.45) is 0 Å². The lowest BCUT2D eigenvalue weighted by Gasteiger charge is -2.11. The summed E-state index contributed by atoms with van der Waals surface area (Å²) in [6.07, 6.45) is 0.529. The summed E-state index contributed by atoms with van der Waals surface area (Å²) in [4.78, 5) is 16.6. The predicted octanol–water partition coefficient (Wildman–Crippen LogP) is 3.16. The standard InChI is InChI=1S/C20H23N5O3/c1-13-4-9-17(28-3)16(12-13)22-20(26)21-11-10-18-23-19(25-24-18)14-5-7-15(27-2)8-6-14/h4-9,12H,10-11H2,1-3H3,(H2,21,22,26)(H,23,24,25). The second kappa shape index (κ2) is 8.90. The van der Waals surface area contributed by atoms with Crippen molar-refractivity contribution in [2.45, 2.75) is 13.3 Å². The maximum Gasteiger partial charge on any atom is 0.319 e. The van der Waals surface area contributed by atoms with Gasteiger partial charge in [-0.2, -0.15) is 5.10 Å². The number of nitrogens with one attached hydrogen (secondary N) is 3. The minimum absolute atomic E-state index is 0.307. The Labute approximate surface area is 163 Å². The van der Waals surface area contributed by atoms with Crippen LogP contribution in [0.15, 0.2) is 42.5 Å². The molecule has 3 aromatic rings. The molecule has 1 heterocycles. The molecule has 0 aliphatic rings. The van der Waals surface area contributed by atoms with Crippen LogP contribution in [-0.4, -0.2) is 42.0 Å². The molecule has 0 atom stereocenters. The van der Waals surface area contributed by atoms with Crippen LogP contribution in [0.25, 0.3) is 11.4 Å². The van der Waals surface area contributed by atoms with Gasteiger partial charge in [0.05, 0.1) is 19.9 Å². The number of rotatable bonds is 7. The van der Waals surface area contributed by atoms with Crippen molar-refractivity contribution in [1.82, 2.24) is 20.5 Å². The van der Waals surface area contributed by atoms with Gasteiger partial charge in [-0.15, -0.1) is 0 Å². The quantitative estimate of drug-likeness (QED) is 0.584. The SMILES string of the molecule is COc1ccc(-c2n[nH]c(CCNC(=O)Nc3cc(C)ccc3OC)n2)cc1. The van der Waals surface area contributed by atoms with Crippen LogP contribution in [0.3, 0.4) is 0 Å². The Balaban J connectivity index is 1.52. The third-order valence-electron chi connectivity index (χ3n) is 4.13. The fourth-order valence-corrected chi connectivity index (χ4v) is 2.66. The molecule has 2 amide bonds. The van der Waals surface area contributed by atoms with Crippen LogP contribution in [0.1, 0.15) is 11.4 Å². The largest absolute Gasteiger partial charge is 0.497 e. The highest BCUT2D eigenvalue weighted by Gasteiger charge is 2.09. The minimum Gasteiger partial charge on any atom is -0.497 e. The van der Waals surface area contributed by atoms with E-state index in [1.165, 1.54) is 0 Å². The van der Waals surface area contributed by atoms with Crippen LogP contribution in [0, 0.1) is 6.92 Å². The number of aryl methyl sites for hydroxylation is 1. The number of carbonyl (C=O) groups excluding carboxylic acids is 1. The summed E-state index contributed by atoms with van der Waals surface area (Å²) < 4.78 is 10.4. The number of methoxy groups -OCH3 is 2. The number of ether oxygens (including phenoxy) is 2. The number of hydrogen-bond acceptors (Lipinski definition) is 5. The lowest BCUT2D eigenvalue weighted by molar-refractivity contribution is 0.252. The third-order valence-corrected chi connectivity index (χ3v) is 4.13. The van der Waals surface area contributed by atoms with Crippen molar-refractivity contribution in [3.05, 3.63) is 53.9 Å². The molecule has 8 heteroatoms. The topological polar surface area (TPSA) is 101 Å².